The lowest BCUT2D eigenvalue weighted by Gasteiger charge is -2.23. The molecule has 2 aromatic carbocycles. The zero-order chi connectivity index (χ0) is 19.8. The first-order valence-electron chi connectivity index (χ1n) is 8.52. The Kier molecular flexibility index (Phi) is 7.19. The zero-order valence-corrected chi connectivity index (χ0v) is 16.0. The second-order valence-corrected chi connectivity index (χ2v) is 6.06. The van der Waals surface area contributed by atoms with Crippen LogP contribution in [0.4, 0.5) is 11.4 Å². The van der Waals surface area contributed by atoms with Gasteiger partial charge in [0.05, 0.1) is 26.8 Å². The number of rotatable bonds is 8. The molecule has 2 amide bonds. The molecule has 0 radical (unpaired) electrons. The summed E-state index contributed by atoms with van der Waals surface area (Å²) < 4.78 is 10.4. The van der Waals surface area contributed by atoms with E-state index in [1.165, 1.54) is 7.11 Å². The van der Waals surface area contributed by atoms with Crippen LogP contribution in [0, 0.1) is 0 Å². The fourth-order valence-electron chi connectivity index (χ4n) is 2.45. The Balaban J connectivity index is 1.92. The molecule has 7 nitrogen and oxygen atoms in total. The Morgan fingerprint density at radius 2 is 1.63 bits per heavy atom. The molecule has 0 saturated heterocycles. The number of amides is 2. The third-order valence-corrected chi connectivity index (χ3v) is 4.14. The number of para-hydroxylation sites is 1. The molecule has 0 heterocycles. The van der Waals surface area contributed by atoms with E-state index in [0.717, 1.165) is 5.69 Å². The first-order valence-corrected chi connectivity index (χ1v) is 8.52. The van der Waals surface area contributed by atoms with Crippen LogP contribution in [0.5, 0.6) is 11.5 Å². The van der Waals surface area contributed by atoms with Crippen LogP contribution in [0.3, 0.4) is 0 Å². The second-order valence-electron chi connectivity index (χ2n) is 6.06. The molecule has 0 saturated carbocycles. The van der Waals surface area contributed by atoms with Gasteiger partial charge < -0.3 is 20.1 Å². The molecule has 144 valence electrons. The molecule has 7 heteroatoms. The van der Waals surface area contributed by atoms with E-state index in [9.17, 15) is 9.59 Å². The van der Waals surface area contributed by atoms with Crippen molar-refractivity contribution in [3.8, 4) is 11.5 Å². The van der Waals surface area contributed by atoms with Crippen LogP contribution in [0.2, 0.25) is 0 Å². The van der Waals surface area contributed by atoms with Gasteiger partial charge in [-0.1, -0.05) is 18.2 Å². The Morgan fingerprint density at radius 3 is 2.26 bits per heavy atom. The molecule has 0 aliphatic carbocycles. The van der Waals surface area contributed by atoms with Gasteiger partial charge >= 0.3 is 0 Å². The SMILES string of the molecule is COc1ccc(NC(=O)C(C)N(C)CC(=O)Nc2ccccc2)cc1OC. The van der Waals surface area contributed by atoms with Crippen LogP contribution >= 0.6 is 0 Å². The van der Waals surface area contributed by atoms with Crippen molar-refractivity contribution in [3.05, 3.63) is 48.5 Å². The van der Waals surface area contributed by atoms with Crippen LogP contribution in [0.15, 0.2) is 48.5 Å². The monoisotopic (exact) mass is 371 g/mol. The highest BCUT2D eigenvalue weighted by molar-refractivity contribution is 5.96. The lowest BCUT2D eigenvalue weighted by Crippen LogP contribution is -2.43. The molecule has 2 N–H and O–H groups in total. The summed E-state index contributed by atoms with van der Waals surface area (Å²) in [6, 6.07) is 13.8. The first kappa shape index (κ1) is 20.3. The Labute approximate surface area is 159 Å². The van der Waals surface area contributed by atoms with Crippen molar-refractivity contribution < 1.29 is 19.1 Å². The van der Waals surface area contributed by atoms with E-state index in [1.54, 1.807) is 44.2 Å². The molecule has 1 unspecified atom stereocenters. The quantitative estimate of drug-likeness (QED) is 0.746. The zero-order valence-electron chi connectivity index (χ0n) is 16.0. The predicted molar refractivity (Wildman–Crippen MR) is 105 cm³/mol. The number of hydrogen-bond donors (Lipinski definition) is 2. The molecule has 27 heavy (non-hydrogen) atoms. The highest BCUT2D eigenvalue weighted by Crippen LogP contribution is 2.29. The summed E-state index contributed by atoms with van der Waals surface area (Å²) in [7, 11) is 4.81. The fourth-order valence-corrected chi connectivity index (χ4v) is 2.45. The topological polar surface area (TPSA) is 79.9 Å². The summed E-state index contributed by atoms with van der Waals surface area (Å²) in [4.78, 5) is 26.3. The fraction of sp³-hybridized carbons (Fsp3) is 0.300. The van der Waals surface area contributed by atoms with Gasteiger partial charge in [-0.2, -0.15) is 0 Å². The number of hydrogen-bond acceptors (Lipinski definition) is 5. The Bertz CT molecular complexity index is 780. The molecule has 1 atom stereocenters. The van der Waals surface area contributed by atoms with Crippen LogP contribution in [0.1, 0.15) is 6.92 Å². The first-order chi connectivity index (χ1) is 12.9. The summed E-state index contributed by atoms with van der Waals surface area (Å²) in [5.74, 6) is 0.698. The van der Waals surface area contributed by atoms with Crippen LogP contribution in [-0.2, 0) is 9.59 Å². The summed E-state index contributed by atoms with van der Waals surface area (Å²) in [5.41, 5.74) is 1.31. The van der Waals surface area contributed by atoms with E-state index in [1.807, 2.05) is 30.3 Å². The van der Waals surface area contributed by atoms with Gasteiger partial charge in [0.15, 0.2) is 11.5 Å². The van der Waals surface area contributed by atoms with Crippen molar-refractivity contribution in [1.29, 1.82) is 0 Å². The van der Waals surface area contributed by atoms with E-state index >= 15 is 0 Å². The number of anilines is 2. The average molecular weight is 371 g/mol. The molecule has 0 aromatic heterocycles. The molecular formula is C20H25N3O4. The van der Waals surface area contributed by atoms with Crippen LogP contribution in [0.25, 0.3) is 0 Å². The van der Waals surface area contributed by atoms with E-state index in [-0.39, 0.29) is 18.4 Å². The summed E-state index contributed by atoms with van der Waals surface area (Å²) in [6.07, 6.45) is 0. The van der Waals surface area contributed by atoms with Crippen molar-refractivity contribution >= 4 is 23.2 Å². The highest BCUT2D eigenvalue weighted by atomic mass is 16.5. The number of nitrogens with zero attached hydrogens (tertiary/aromatic N) is 1. The van der Waals surface area contributed by atoms with Crippen molar-refractivity contribution in [2.45, 2.75) is 13.0 Å². The second kappa shape index (κ2) is 9.59. The van der Waals surface area contributed by atoms with Gasteiger partial charge in [-0.25, -0.2) is 0 Å². The maximum absolute atomic E-state index is 12.5. The van der Waals surface area contributed by atoms with Gasteiger partial charge in [-0.05, 0) is 38.2 Å². The lowest BCUT2D eigenvalue weighted by atomic mass is 10.2. The van der Waals surface area contributed by atoms with E-state index < -0.39 is 6.04 Å². The van der Waals surface area contributed by atoms with Gasteiger partial charge in [0, 0.05) is 17.4 Å². The van der Waals surface area contributed by atoms with Crippen molar-refractivity contribution in [2.75, 3.05) is 38.4 Å². The minimum atomic E-state index is -0.500. The number of ether oxygens (including phenoxy) is 2. The number of methoxy groups -OCH3 is 2. The van der Waals surface area contributed by atoms with Gasteiger partial charge in [0.1, 0.15) is 0 Å². The third-order valence-electron chi connectivity index (χ3n) is 4.14. The van der Waals surface area contributed by atoms with Gasteiger partial charge in [-0.3, -0.25) is 14.5 Å². The number of likely N-dealkylation sites (N-methyl/N-ethyl adjacent to an activating group) is 1. The van der Waals surface area contributed by atoms with Crippen LogP contribution in [-0.4, -0.2) is 50.6 Å². The van der Waals surface area contributed by atoms with E-state index in [4.69, 9.17) is 9.47 Å². The number of nitrogens with one attached hydrogen (secondary N) is 2. The van der Waals surface area contributed by atoms with Crippen molar-refractivity contribution in [3.63, 3.8) is 0 Å². The van der Waals surface area contributed by atoms with Gasteiger partial charge in [0.25, 0.3) is 0 Å². The highest BCUT2D eigenvalue weighted by Gasteiger charge is 2.20. The average Bonchev–Trinajstić information content (AvgIpc) is 2.67. The van der Waals surface area contributed by atoms with E-state index in [0.29, 0.717) is 17.2 Å². The summed E-state index contributed by atoms with van der Waals surface area (Å²) in [5, 5.41) is 5.63. The normalized spacial score (nSPS) is 11.6. The molecule has 2 aromatic rings. The molecule has 0 aliphatic heterocycles. The Morgan fingerprint density at radius 1 is 0.963 bits per heavy atom. The van der Waals surface area contributed by atoms with Gasteiger partial charge in [-0.15, -0.1) is 0 Å². The maximum Gasteiger partial charge on any atom is 0.241 e. The lowest BCUT2D eigenvalue weighted by molar-refractivity contribution is -0.122. The standard InChI is InChI=1S/C20H25N3O4/c1-14(23(2)13-19(24)21-15-8-6-5-7-9-15)20(25)22-16-10-11-17(26-3)18(12-16)27-4/h5-12,14H,13H2,1-4H3,(H,21,24)(H,22,25). The molecular weight excluding hydrogens is 346 g/mol. The van der Waals surface area contributed by atoms with Crippen molar-refractivity contribution in [1.82, 2.24) is 4.90 Å². The number of benzene rings is 2. The smallest absolute Gasteiger partial charge is 0.241 e. The maximum atomic E-state index is 12.5. The summed E-state index contributed by atoms with van der Waals surface area (Å²) >= 11 is 0. The van der Waals surface area contributed by atoms with Crippen LogP contribution < -0.4 is 20.1 Å². The van der Waals surface area contributed by atoms with Crippen molar-refractivity contribution in [2.24, 2.45) is 0 Å². The molecule has 2 rings (SSSR count). The molecule has 0 bridgehead atoms. The molecule has 0 aliphatic rings. The summed E-state index contributed by atoms with van der Waals surface area (Å²) in [6.45, 7) is 1.83. The Hall–Kier alpha value is -3.06. The molecule has 0 spiro atoms. The van der Waals surface area contributed by atoms with E-state index in [2.05, 4.69) is 10.6 Å². The van der Waals surface area contributed by atoms with Gasteiger partial charge in [0.2, 0.25) is 11.8 Å². The molecule has 0 fully saturated rings. The number of carbonyl (C=O) groups excluding carboxylic acids is 2. The minimum Gasteiger partial charge on any atom is -0.493 e. The predicted octanol–water partition coefficient (Wildman–Crippen LogP) is 2.60. The number of carbonyl (C=O) groups is 2. The third kappa shape index (κ3) is 5.72. The largest absolute Gasteiger partial charge is 0.493 e. The minimum absolute atomic E-state index is 0.0927.